The maximum atomic E-state index is 10.6. The Kier molecular flexibility index (Phi) is 2.56. The summed E-state index contributed by atoms with van der Waals surface area (Å²) >= 11 is 0. The average molecular weight is 187 g/mol. The standard InChI is InChI=1S/C8H13NO4/c1-2-3-4(5(3)7(10)11)6(9)8(12)13/h3-6H,2,9H2,1H3,(H,10,11)(H,12,13)/t3?,4?,5?,6-/m0/s1. The van der Waals surface area contributed by atoms with E-state index in [1.807, 2.05) is 6.92 Å². The van der Waals surface area contributed by atoms with E-state index in [0.717, 1.165) is 0 Å². The first kappa shape index (κ1) is 9.98. The van der Waals surface area contributed by atoms with E-state index in [9.17, 15) is 9.59 Å². The Morgan fingerprint density at radius 1 is 1.46 bits per heavy atom. The number of rotatable bonds is 4. The summed E-state index contributed by atoms with van der Waals surface area (Å²) in [5.41, 5.74) is 5.35. The molecule has 4 N–H and O–H groups in total. The van der Waals surface area contributed by atoms with Crippen LogP contribution in [0, 0.1) is 17.8 Å². The van der Waals surface area contributed by atoms with Crippen LogP contribution in [0.25, 0.3) is 0 Å². The zero-order valence-electron chi connectivity index (χ0n) is 7.30. The molecule has 0 saturated heterocycles. The van der Waals surface area contributed by atoms with Crippen molar-refractivity contribution in [2.75, 3.05) is 0 Å². The van der Waals surface area contributed by atoms with E-state index < -0.39 is 23.9 Å². The summed E-state index contributed by atoms with van der Waals surface area (Å²) in [6.45, 7) is 1.84. The Balaban J connectivity index is 2.63. The maximum Gasteiger partial charge on any atom is 0.320 e. The predicted molar refractivity (Wildman–Crippen MR) is 44.0 cm³/mol. The minimum Gasteiger partial charge on any atom is -0.481 e. The van der Waals surface area contributed by atoms with Crippen LogP contribution in [0.1, 0.15) is 13.3 Å². The first-order chi connectivity index (χ1) is 6.00. The SMILES string of the molecule is CCC1C(C(=O)O)C1[C@H](N)C(=O)O. The van der Waals surface area contributed by atoms with Crippen molar-refractivity contribution in [2.45, 2.75) is 19.4 Å². The number of nitrogens with two attached hydrogens (primary N) is 1. The molecule has 0 aliphatic heterocycles. The summed E-state index contributed by atoms with van der Waals surface area (Å²) in [5, 5.41) is 17.3. The van der Waals surface area contributed by atoms with Crippen LogP contribution < -0.4 is 5.73 Å². The highest BCUT2D eigenvalue weighted by atomic mass is 16.4. The summed E-state index contributed by atoms with van der Waals surface area (Å²) in [5.74, 6) is -3.07. The van der Waals surface area contributed by atoms with Crippen molar-refractivity contribution in [3.8, 4) is 0 Å². The van der Waals surface area contributed by atoms with Gasteiger partial charge in [-0.3, -0.25) is 9.59 Å². The third-order valence-electron chi connectivity index (χ3n) is 2.69. The van der Waals surface area contributed by atoms with Crippen molar-refractivity contribution in [2.24, 2.45) is 23.5 Å². The lowest BCUT2D eigenvalue weighted by Gasteiger charge is -2.03. The van der Waals surface area contributed by atoms with E-state index in [1.165, 1.54) is 0 Å². The lowest BCUT2D eigenvalue weighted by molar-refractivity contribution is -0.140. The zero-order chi connectivity index (χ0) is 10.2. The normalized spacial score (nSPS) is 33.8. The number of carboxylic acid groups (broad SMARTS) is 2. The van der Waals surface area contributed by atoms with Gasteiger partial charge in [0.15, 0.2) is 0 Å². The second-order valence-corrected chi connectivity index (χ2v) is 3.38. The molecule has 1 saturated carbocycles. The molecule has 4 atom stereocenters. The summed E-state index contributed by atoms with van der Waals surface area (Å²) < 4.78 is 0. The van der Waals surface area contributed by atoms with Crippen molar-refractivity contribution in [3.63, 3.8) is 0 Å². The first-order valence-electron chi connectivity index (χ1n) is 4.21. The number of carbonyl (C=O) groups is 2. The number of aliphatic carboxylic acids is 2. The minimum absolute atomic E-state index is 0.0661. The molecule has 5 heteroatoms. The van der Waals surface area contributed by atoms with Crippen LogP contribution in [0.2, 0.25) is 0 Å². The first-order valence-corrected chi connectivity index (χ1v) is 4.21. The summed E-state index contributed by atoms with van der Waals surface area (Å²) in [6, 6.07) is -1.04. The molecule has 0 aromatic carbocycles. The molecule has 1 aliphatic carbocycles. The van der Waals surface area contributed by atoms with Gasteiger partial charge >= 0.3 is 11.9 Å². The predicted octanol–water partition coefficient (Wildman–Crippen LogP) is -0.245. The summed E-state index contributed by atoms with van der Waals surface area (Å²) in [6.07, 6.45) is 0.669. The number of carboxylic acids is 2. The molecule has 0 spiro atoms. The molecule has 13 heavy (non-hydrogen) atoms. The van der Waals surface area contributed by atoms with Gasteiger partial charge in [-0.15, -0.1) is 0 Å². The van der Waals surface area contributed by atoms with Crippen molar-refractivity contribution < 1.29 is 19.8 Å². The van der Waals surface area contributed by atoms with Crippen LogP contribution in [0.15, 0.2) is 0 Å². The van der Waals surface area contributed by atoms with Gasteiger partial charge in [0.25, 0.3) is 0 Å². The smallest absolute Gasteiger partial charge is 0.320 e. The summed E-state index contributed by atoms with van der Waals surface area (Å²) in [7, 11) is 0. The van der Waals surface area contributed by atoms with Crippen LogP contribution in [0.4, 0.5) is 0 Å². The zero-order valence-corrected chi connectivity index (χ0v) is 7.30. The fourth-order valence-corrected chi connectivity index (χ4v) is 1.93. The molecule has 0 aromatic heterocycles. The van der Waals surface area contributed by atoms with Crippen molar-refractivity contribution in [1.29, 1.82) is 0 Å². The third-order valence-corrected chi connectivity index (χ3v) is 2.69. The number of hydrogen-bond acceptors (Lipinski definition) is 3. The Labute approximate surface area is 75.5 Å². The molecular formula is C8H13NO4. The molecule has 1 rings (SSSR count). The van der Waals surface area contributed by atoms with Crippen LogP contribution in [0.5, 0.6) is 0 Å². The third kappa shape index (κ3) is 1.65. The van der Waals surface area contributed by atoms with Crippen LogP contribution in [0.3, 0.4) is 0 Å². The van der Waals surface area contributed by atoms with Crippen molar-refractivity contribution in [3.05, 3.63) is 0 Å². The van der Waals surface area contributed by atoms with E-state index in [4.69, 9.17) is 15.9 Å². The fraction of sp³-hybridized carbons (Fsp3) is 0.750. The largest absolute Gasteiger partial charge is 0.481 e. The van der Waals surface area contributed by atoms with Gasteiger partial charge in [-0.05, 0) is 5.92 Å². The second kappa shape index (κ2) is 3.33. The molecule has 0 amide bonds. The summed E-state index contributed by atoms with van der Waals surface area (Å²) in [4.78, 5) is 21.1. The van der Waals surface area contributed by atoms with E-state index in [1.54, 1.807) is 0 Å². The molecule has 0 heterocycles. The van der Waals surface area contributed by atoms with E-state index >= 15 is 0 Å². The molecule has 3 unspecified atom stereocenters. The van der Waals surface area contributed by atoms with E-state index in [-0.39, 0.29) is 11.8 Å². The Bertz CT molecular complexity index is 240. The molecule has 5 nitrogen and oxygen atoms in total. The molecule has 0 radical (unpaired) electrons. The number of hydrogen-bond donors (Lipinski definition) is 3. The molecular weight excluding hydrogens is 174 g/mol. The quantitative estimate of drug-likeness (QED) is 0.563. The van der Waals surface area contributed by atoms with Gasteiger partial charge in [0.05, 0.1) is 5.92 Å². The van der Waals surface area contributed by atoms with Gasteiger partial charge in [-0.1, -0.05) is 13.3 Å². The lowest BCUT2D eigenvalue weighted by Crippen LogP contribution is -2.34. The molecule has 0 bridgehead atoms. The average Bonchev–Trinajstić information content (AvgIpc) is 2.76. The van der Waals surface area contributed by atoms with Crippen molar-refractivity contribution in [1.82, 2.24) is 0 Å². The Morgan fingerprint density at radius 2 is 2.00 bits per heavy atom. The van der Waals surface area contributed by atoms with Gasteiger partial charge in [0, 0.05) is 5.92 Å². The van der Waals surface area contributed by atoms with Crippen LogP contribution in [-0.4, -0.2) is 28.2 Å². The Hall–Kier alpha value is -1.10. The minimum atomic E-state index is -1.12. The topological polar surface area (TPSA) is 101 Å². The van der Waals surface area contributed by atoms with Crippen LogP contribution >= 0.6 is 0 Å². The van der Waals surface area contributed by atoms with E-state index in [0.29, 0.717) is 6.42 Å². The highest BCUT2D eigenvalue weighted by Crippen LogP contribution is 2.50. The fourth-order valence-electron chi connectivity index (χ4n) is 1.93. The van der Waals surface area contributed by atoms with Crippen LogP contribution in [-0.2, 0) is 9.59 Å². The molecule has 1 fully saturated rings. The van der Waals surface area contributed by atoms with Gasteiger partial charge in [0.1, 0.15) is 6.04 Å². The van der Waals surface area contributed by atoms with Gasteiger partial charge < -0.3 is 15.9 Å². The maximum absolute atomic E-state index is 10.6. The molecule has 1 aliphatic rings. The Morgan fingerprint density at radius 3 is 2.23 bits per heavy atom. The monoisotopic (exact) mass is 187 g/mol. The van der Waals surface area contributed by atoms with Gasteiger partial charge in [-0.2, -0.15) is 0 Å². The van der Waals surface area contributed by atoms with Crippen molar-refractivity contribution >= 4 is 11.9 Å². The van der Waals surface area contributed by atoms with Gasteiger partial charge in [-0.25, -0.2) is 0 Å². The van der Waals surface area contributed by atoms with Gasteiger partial charge in [0.2, 0.25) is 0 Å². The lowest BCUT2D eigenvalue weighted by atomic mass is 10.1. The second-order valence-electron chi connectivity index (χ2n) is 3.38. The highest BCUT2D eigenvalue weighted by Gasteiger charge is 2.58. The molecule has 0 aromatic rings. The highest BCUT2D eigenvalue weighted by molar-refractivity contribution is 5.80. The molecule has 74 valence electrons. The van der Waals surface area contributed by atoms with E-state index in [2.05, 4.69) is 0 Å².